The Morgan fingerprint density at radius 3 is 2.49 bits per heavy atom. The van der Waals surface area contributed by atoms with Gasteiger partial charge in [-0.3, -0.25) is 14.3 Å². The molecule has 0 spiro atoms. The van der Waals surface area contributed by atoms with Crippen LogP contribution >= 0.6 is 34.8 Å². The molecule has 4 heterocycles. The lowest BCUT2D eigenvalue weighted by Crippen LogP contribution is -2.45. The van der Waals surface area contributed by atoms with Crippen molar-refractivity contribution in [2.75, 3.05) is 6.54 Å². The van der Waals surface area contributed by atoms with Gasteiger partial charge < -0.3 is 9.80 Å². The number of rotatable bonds is 3. The molecule has 182 valence electrons. The molecule has 0 aliphatic carbocycles. The summed E-state index contributed by atoms with van der Waals surface area (Å²) < 4.78 is 1.81. The van der Waals surface area contributed by atoms with Crippen LogP contribution in [0, 0.1) is 0 Å². The smallest absolute Gasteiger partial charge is 0.273 e. The van der Waals surface area contributed by atoms with Crippen LogP contribution in [0.4, 0.5) is 0 Å². The van der Waals surface area contributed by atoms with E-state index in [1.807, 2.05) is 25.5 Å². The molecule has 3 aromatic rings. The molecule has 3 atom stereocenters. The summed E-state index contributed by atoms with van der Waals surface area (Å²) in [6.45, 7) is 6.75. The fraction of sp³-hybridized carbons (Fsp3) is 0.375. The second-order valence-corrected chi connectivity index (χ2v) is 10.3. The van der Waals surface area contributed by atoms with Crippen LogP contribution in [0.15, 0.2) is 30.6 Å². The van der Waals surface area contributed by atoms with Crippen molar-refractivity contribution in [2.24, 2.45) is 0 Å². The molecule has 0 radical (unpaired) electrons. The van der Waals surface area contributed by atoms with E-state index < -0.39 is 0 Å². The summed E-state index contributed by atoms with van der Waals surface area (Å²) >= 11 is 18.0. The Bertz CT molecular complexity index is 1330. The number of carbonyl (C=O) groups excluding carboxylic acids is 2. The lowest BCUT2D eigenvalue weighted by atomic mass is 9.97. The molecule has 2 aliphatic rings. The van der Waals surface area contributed by atoms with Crippen molar-refractivity contribution in [2.45, 2.75) is 51.9 Å². The Morgan fingerprint density at radius 2 is 1.80 bits per heavy atom. The third-order valence-corrected chi connectivity index (χ3v) is 7.73. The third-order valence-electron chi connectivity index (χ3n) is 6.80. The first-order valence-corrected chi connectivity index (χ1v) is 12.4. The summed E-state index contributed by atoms with van der Waals surface area (Å²) in [6.07, 6.45) is 3.83. The van der Waals surface area contributed by atoms with Gasteiger partial charge in [-0.05, 0) is 50.6 Å². The largest absolute Gasteiger partial charge is 0.331 e. The van der Waals surface area contributed by atoms with Gasteiger partial charge in [0.1, 0.15) is 5.69 Å². The van der Waals surface area contributed by atoms with E-state index in [1.165, 1.54) is 0 Å². The Morgan fingerprint density at radius 1 is 1.09 bits per heavy atom. The second kappa shape index (κ2) is 9.08. The van der Waals surface area contributed by atoms with Crippen LogP contribution in [-0.4, -0.2) is 53.9 Å². The van der Waals surface area contributed by atoms with Crippen molar-refractivity contribution in [3.05, 3.63) is 74.0 Å². The molecule has 11 heteroatoms. The molecule has 1 aromatic carbocycles. The van der Waals surface area contributed by atoms with E-state index in [4.69, 9.17) is 39.9 Å². The van der Waals surface area contributed by atoms with Crippen LogP contribution < -0.4 is 0 Å². The van der Waals surface area contributed by atoms with E-state index in [0.717, 1.165) is 16.8 Å². The van der Waals surface area contributed by atoms with E-state index in [-0.39, 0.29) is 41.8 Å². The number of halogens is 3. The minimum absolute atomic E-state index is 0.0292. The van der Waals surface area contributed by atoms with Crippen molar-refractivity contribution < 1.29 is 9.59 Å². The minimum atomic E-state index is -0.252. The molecule has 8 nitrogen and oxygen atoms in total. The van der Waals surface area contributed by atoms with Crippen molar-refractivity contribution in [1.29, 1.82) is 0 Å². The highest BCUT2D eigenvalue weighted by Crippen LogP contribution is 2.35. The predicted molar refractivity (Wildman–Crippen MR) is 133 cm³/mol. The second-order valence-electron chi connectivity index (χ2n) is 9.10. The average molecular weight is 534 g/mol. The Balaban J connectivity index is 1.48. The zero-order valence-corrected chi connectivity index (χ0v) is 21.6. The maximum atomic E-state index is 13.7. The van der Waals surface area contributed by atoms with Gasteiger partial charge in [0.05, 0.1) is 34.4 Å². The molecular formula is C24H23Cl3N6O2. The van der Waals surface area contributed by atoms with E-state index >= 15 is 0 Å². The summed E-state index contributed by atoms with van der Waals surface area (Å²) in [5, 5.41) is 5.67. The lowest BCUT2D eigenvalue weighted by molar-refractivity contribution is 0.0573. The summed E-state index contributed by atoms with van der Waals surface area (Å²) in [6, 6.07) is 4.48. The summed E-state index contributed by atoms with van der Waals surface area (Å²) in [7, 11) is 0. The molecule has 0 fully saturated rings. The lowest BCUT2D eigenvalue weighted by Gasteiger charge is -2.37. The number of fused-ring (bicyclic) bond motifs is 3. The van der Waals surface area contributed by atoms with E-state index in [9.17, 15) is 9.59 Å². The highest BCUT2D eigenvalue weighted by Gasteiger charge is 2.40. The molecule has 0 N–H and O–H groups in total. The highest BCUT2D eigenvalue weighted by molar-refractivity contribution is 6.42. The van der Waals surface area contributed by atoms with Crippen molar-refractivity contribution >= 4 is 46.6 Å². The minimum Gasteiger partial charge on any atom is -0.331 e. The topological polar surface area (TPSA) is 84.2 Å². The van der Waals surface area contributed by atoms with Gasteiger partial charge in [-0.25, -0.2) is 9.97 Å². The fourth-order valence-corrected chi connectivity index (χ4v) is 5.20. The Hall–Kier alpha value is -2.68. The highest BCUT2D eigenvalue weighted by atomic mass is 35.5. The first kappa shape index (κ1) is 24.0. The zero-order chi connectivity index (χ0) is 25.0. The van der Waals surface area contributed by atoms with Gasteiger partial charge in [-0.15, -0.1) is 0 Å². The first-order chi connectivity index (χ1) is 16.7. The van der Waals surface area contributed by atoms with Gasteiger partial charge in [-0.2, -0.15) is 5.10 Å². The standard InChI is InChI=1S/C24H23Cl3N6O2/c1-12-6-20-17(11-31(12)22(34)15-4-5-18(25)19(26)7-15)21-23(35)32(10-13(2)33(21)30-20)14(3)16-8-28-24(27)29-9-16/h4-5,7-9,12-14H,6,10-11H2,1-3H3/t12-,13-,14?/m1/s1. The molecule has 2 amide bonds. The number of hydrogen-bond acceptors (Lipinski definition) is 5. The van der Waals surface area contributed by atoms with Gasteiger partial charge in [-0.1, -0.05) is 23.2 Å². The van der Waals surface area contributed by atoms with Crippen LogP contribution in [-0.2, 0) is 13.0 Å². The van der Waals surface area contributed by atoms with E-state index in [0.29, 0.717) is 34.3 Å². The average Bonchev–Trinajstić information content (AvgIpc) is 3.21. The normalized spacial score (nSPS) is 20.5. The molecule has 5 rings (SSSR count). The van der Waals surface area contributed by atoms with Gasteiger partial charge >= 0.3 is 0 Å². The van der Waals surface area contributed by atoms with Crippen LogP contribution in [0.25, 0.3) is 0 Å². The molecule has 0 bridgehead atoms. The fourth-order valence-electron chi connectivity index (χ4n) is 4.81. The van der Waals surface area contributed by atoms with Gasteiger partial charge in [0.15, 0.2) is 0 Å². The number of hydrogen-bond donors (Lipinski definition) is 0. The maximum absolute atomic E-state index is 13.7. The van der Waals surface area contributed by atoms with Crippen molar-refractivity contribution in [1.82, 2.24) is 29.5 Å². The monoisotopic (exact) mass is 532 g/mol. The first-order valence-electron chi connectivity index (χ1n) is 11.3. The predicted octanol–water partition coefficient (Wildman–Crippen LogP) is 5.00. The molecule has 0 saturated heterocycles. The quantitative estimate of drug-likeness (QED) is 0.443. The van der Waals surface area contributed by atoms with Gasteiger partial charge in [0, 0.05) is 48.1 Å². The van der Waals surface area contributed by atoms with Crippen molar-refractivity contribution in [3.63, 3.8) is 0 Å². The maximum Gasteiger partial charge on any atom is 0.273 e. The Kier molecular flexibility index (Phi) is 6.23. The summed E-state index contributed by atoms with van der Waals surface area (Å²) in [5.41, 5.74) is 3.42. The van der Waals surface area contributed by atoms with Crippen LogP contribution in [0.3, 0.4) is 0 Å². The molecule has 2 aliphatic heterocycles. The van der Waals surface area contributed by atoms with Crippen LogP contribution in [0.5, 0.6) is 0 Å². The Labute approximate surface area is 217 Å². The molecule has 2 aromatic heterocycles. The number of amides is 2. The molecular weight excluding hydrogens is 511 g/mol. The van der Waals surface area contributed by atoms with E-state index in [1.54, 1.807) is 40.4 Å². The number of aromatic nitrogens is 4. The van der Waals surface area contributed by atoms with Crippen molar-refractivity contribution in [3.8, 4) is 0 Å². The summed E-state index contributed by atoms with van der Waals surface area (Å²) in [5.74, 6) is -0.294. The zero-order valence-electron chi connectivity index (χ0n) is 19.4. The van der Waals surface area contributed by atoms with Gasteiger partial charge in [0.2, 0.25) is 5.28 Å². The third kappa shape index (κ3) is 4.17. The molecule has 0 saturated carbocycles. The SMILES string of the molecule is CC(c1cnc(Cl)nc1)N1C[C@@H](C)n2nc3c(c2C1=O)CN(C(=O)c1ccc(Cl)c(Cl)c1)[C@H](C)C3. The van der Waals surface area contributed by atoms with Gasteiger partial charge in [0.25, 0.3) is 11.8 Å². The number of carbonyl (C=O) groups is 2. The van der Waals surface area contributed by atoms with Crippen LogP contribution in [0.2, 0.25) is 15.3 Å². The molecule has 1 unspecified atom stereocenters. The molecule has 35 heavy (non-hydrogen) atoms. The van der Waals surface area contributed by atoms with E-state index in [2.05, 4.69) is 9.97 Å². The number of benzene rings is 1. The number of nitrogens with zero attached hydrogens (tertiary/aromatic N) is 6. The van der Waals surface area contributed by atoms with Crippen LogP contribution in [0.1, 0.15) is 70.5 Å². The summed E-state index contributed by atoms with van der Waals surface area (Å²) in [4.78, 5) is 38.8.